The van der Waals surface area contributed by atoms with Crippen LogP contribution < -0.4 is 5.32 Å². The van der Waals surface area contributed by atoms with Crippen molar-refractivity contribution in [3.8, 4) is 0 Å². The zero-order valence-electron chi connectivity index (χ0n) is 12.6. The van der Waals surface area contributed by atoms with Crippen LogP contribution in [-0.2, 0) is 10.8 Å². The van der Waals surface area contributed by atoms with Crippen LogP contribution in [0.3, 0.4) is 0 Å². The van der Waals surface area contributed by atoms with E-state index in [0.717, 1.165) is 18.2 Å². The fourth-order valence-corrected chi connectivity index (χ4v) is 4.45. The van der Waals surface area contributed by atoms with Crippen LogP contribution in [0.1, 0.15) is 59.8 Å². The highest BCUT2D eigenvalue weighted by atomic mass is 32.2. The lowest BCUT2D eigenvalue weighted by atomic mass is 9.84. The highest BCUT2D eigenvalue weighted by molar-refractivity contribution is 7.85. The van der Waals surface area contributed by atoms with Crippen LogP contribution in [0.5, 0.6) is 0 Å². The van der Waals surface area contributed by atoms with E-state index in [1.54, 1.807) is 0 Å². The van der Waals surface area contributed by atoms with Gasteiger partial charge in [0.15, 0.2) is 0 Å². The van der Waals surface area contributed by atoms with Gasteiger partial charge in [-0.05, 0) is 31.2 Å². The first-order valence-electron chi connectivity index (χ1n) is 7.66. The Labute approximate surface area is 116 Å². The Morgan fingerprint density at radius 1 is 1.17 bits per heavy atom. The van der Waals surface area contributed by atoms with E-state index in [1.807, 2.05) is 0 Å². The maximum absolute atomic E-state index is 12.4. The summed E-state index contributed by atoms with van der Waals surface area (Å²) in [7, 11) is -0.691. The minimum Gasteiger partial charge on any atom is -0.313 e. The Morgan fingerprint density at radius 2 is 1.78 bits per heavy atom. The molecule has 0 heterocycles. The summed E-state index contributed by atoms with van der Waals surface area (Å²) in [4.78, 5) is 0. The van der Waals surface area contributed by atoms with Crippen molar-refractivity contribution < 1.29 is 4.21 Å². The van der Waals surface area contributed by atoms with Crippen LogP contribution in [0.25, 0.3) is 0 Å². The van der Waals surface area contributed by atoms with E-state index in [1.165, 1.54) is 32.1 Å². The predicted octanol–water partition coefficient (Wildman–Crippen LogP) is 3.34. The van der Waals surface area contributed by atoms with Gasteiger partial charge in [0.25, 0.3) is 0 Å². The SMILES string of the molecule is CCNC(CS(=O)C(C)C(C)C)C1CCCCC1. The second-order valence-corrected chi connectivity index (χ2v) is 7.90. The third-order valence-electron chi connectivity index (χ3n) is 4.38. The molecule has 3 unspecified atom stereocenters. The van der Waals surface area contributed by atoms with Crippen LogP contribution in [0, 0.1) is 11.8 Å². The van der Waals surface area contributed by atoms with Crippen LogP contribution in [0.2, 0.25) is 0 Å². The number of rotatable bonds is 7. The van der Waals surface area contributed by atoms with Gasteiger partial charge in [0.1, 0.15) is 0 Å². The molecule has 0 aromatic rings. The molecule has 0 bridgehead atoms. The normalized spacial score (nSPS) is 22.9. The van der Waals surface area contributed by atoms with Crippen LogP contribution in [-0.4, -0.2) is 27.8 Å². The Hall–Kier alpha value is 0.110. The quantitative estimate of drug-likeness (QED) is 0.771. The van der Waals surface area contributed by atoms with E-state index < -0.39 is 10.8 Å². The number of nitrogens with one attached hydrogen (secondary N) is 1. The number of hydrogen-bond donors (Lipinski definition) is 1. The molecule has 108 valence electrons. The first kappa shape index (κ1) is 16.2. The lowest BCUT2D eigenvalue weighted by molar-refractivity contribution is 0.286. The van der Waals surface area contributed by atoms with E-state index in [2.05, 4.69) is 33.0 Å². The van der Waals surface area contributed by atoms with Crippen molar-refractivity contribution in [3.63, 3.8) is 0 Å². The van der Waals surface area contributed by atoms with E-state index in [0.29, 0.717) is 17.2 Å². The molecule has 0 aromatic heterocycles. The molecule has 3 heteroatoms. The molecule has 0 saturated heterocycles. The molecule has 1 rings (SSSR count). The summed E-state index contributed by atoms with van der Waals surface area (Å²) >= 11 is 0. The summed E-state index contributed by atoms with van der Waals surface area (Å²) in [5.74, 6) is 2.11. The lowest BCUT2D eigenvalue weighted by Crippen LogP contribution is -2.43. The minimum absolute atomic E-state index is 0.315. The molecular formula is C15H31NOS. The second-order valence-electron chi connectivity index (χ2n) is 6.06. The molecule has 1 aliphatic rings. The van der Waals surface area contributed by atoms with Gasteiger partial charge in [-0.25, -0.2) is 0 Å². The van der Waals surface area contributed by atoms with Gasteiger partial charge in [-0.1, -0.05) is 47.0 Å². The highest BCUT2D eigenvalue weighted by Crippen LogP contribution is 2.27. The molecule has 0 spiro atoms. The summed E-state index contributed by atoms with van der Waals surface area (Å²) in [6.07, 6.45) is 6.76. The molecule has 2 nitrogen and oxygen atoms in total. The van der Waals surface area contributed by atoms with Gasteiger partial charge in [-0.3, -0.25) is 4.21 Å². The van der Waals surface area contributed by atoms with Gasteiger partial charge in [0.05, 0.1) is 0 Å². The summed E-state index contributed by atoms with van der Waals surface area (Å²) in [5, 5.41) is 3.90. The molecule has 18 heavy (non-hydrogen) atoms. The maximum Gasteiger partial charge on any atom is 0.0394 e. The molecule has 0 aromatic carbocycles. The Balaban J connectivity index is 2.53. The van der Waals surface area contributed by atoms with Gasteiger partial charge in [-0.15, -0.1) is 0 Å². The van der Waals surface area contributed by atoms with Crippen LogP contribution in [0.15, 0.2) is 0 Å². The Kier molecular flexibility index (Phi) is 7.47. The first-order valence-corrected chi connectivity index (χ1v) is 9.05. The molecule has 0 radical (unpaired) electrons. The maximum atomic E-state index is 12.4. The molecule has 3 atom stereocenters. The highest BCUT2D eigenvalue weighted by Gasteiger charge is 2.26. The topological polar surface area (TPSA) is 29.1 Å². The van der Waals surface area contributed by atoms with Crippen molar-refractivity contribution in [3.05, 3.63) is 0 Å². The monoisotopic (exact) mass is 273 g/mol. The molecule has 1 N–H and O–H groups in total. The smallest absolute Gasteiger partial charge is 0.0394 e. The summed E-state index contributed by atoms with van der Waals surface area (Å²) in [5.41, 5.74) is 0. The van der Waals surface area contributed by atoms with E-state index >= 15 is 0 Å². The average Bonchev–Trinajstić information content (AvgIpc) is 2.38. The van der Waals surface area contributed by atoms with Crippen molar-refractivity contribution in [1.82, 2.24) is 5.32 Å². The minimum atomic E-state index is -0.691. The van der Waals surface area contributed by atoms with Gasteiger partial charge in [-0.2, -0.15) is 0 Å². The van der Waals surface area contributed by atoms with Gasteiger partial charge in [0, 0.05) is 27.8 Å². The van der Waals surface area contributed by atoms with Crippen molar-refractivity contribution in [2.24, 2.45) is 11.8 Å². The Bertz CT molecular complexity index is 249. The Morgan fingerprint density at radius 3 is 2.28 bits per heavy atom. The average molecular weight is 273 g/mol. The van der Waals surface area contributed by atoms with E-state index in [9.17, 15) is 4.21 Å². The molecule has 0 amide bonds. The predicted molar refractivity (Wildman–Crippen MR) is 81.3 cm³/mol. The van der Waals surface area contributed by atoms with E-state index in [4.69, 9.17) is 0 Å². The third kappa shape index (κ3) is 5.00. The zero-order chi connectivity index (χ0) is 13.5. The molecule has 1 fully saturated rings. The van der Waals surface area contributed by atoms with Crippen LogP contribution >= 0.6 is 0 Å². The van der Waals surface area contributed by atoms with Crippen molar-refractivity contribution in [2.75, 3.05) is 12.3 Å². The first-order chi connectivity index (χ1) is 8.56. The molecule has 1 aliphatic carbocycles. The lowest BCUT2D eigenvalue weighted by Gasteiger charge is -2.31. The largest absolute Gasteiger partial charge is 0.313 e. The number of hydrogen-bond acceptors (Lipinski definition) is 2. The summed E-state index contributed by atoms with van der Waals surface area (Å²) in [6, 6.07) is 0.470. The van der Waals surface area contributed by atoms with Gasteiger partial charge >= 0.3 is 0 Å². The van der Waals surface area contributed by atoms with Gasteiger partial charge in [0.2, 0.25) is 0 Å². The van der Waals surface area contributed by atoms with E-state index in [-0.39, 0.29) is 0 Å². The van der Waals surface area contributed by atoms with Gasteiger partial charge < -0.3 is 5.32 Å². The molecule has 1 saturated carbocycles. The fraction of sp³-hybridized carbons (Fsp3) is 1.00. The third-order valence-corrected chi connectivity index (χ3v) is 6.44. The molecular weight excluding hydrogens is 242 g/mol. The summed E-state index contributed by atoms with van der Waals surface area (Å²) in [6.45, 7) is 9.63. The standard InChI is InChI=1S/C15H31NOS/c1-5-16-15(14-9-7-6-8-10-14)11-18(17)13(4)12(2)3/h12-16H,5-11H2,1-4H3. The van der Waals surface area contributed by atoms with Crippen molar-refractivity contribution >= 4 is 10.8 Å². The second kappa shape index (κ2) is 8.31. The fourth-order valence-electron chi connectivity index (χ4n) is 2.79. The zero-order valence-corrected chi connectivity index (χ0v) is 13.4. The van der Waals surface area contributed by atoms with Crippen molar-refractivity contribution in [2.45, 2.75) is 71.1 Å². The van der Waals surface area contributed by atoms with Crippen LogP contribution in [0.4, 0.5) is 0 Å². The molecule has 0 aliphatic heterocycles. The van der Waals surface area contributed by atoms with Crippen molar-refractivity contribution in [1.29, 1.82) is 0 Å². The summed E-state index contributed by atoms with van der Waals surface area (Å²) < 4.78 is 12.4.